The Kier molecular flexibility index (Phi) is 8.82. The molecule has 2 aliphatic heterocycles. The molecule has 5 heteroatoms. The van der Waals surface area contributed by atoms with Crippen LogP contribution in [0, 0.1) is 17.8 Å². The monoisotopic (exact) mass is 421 g/mol. The Hall–Kier alpha value is -0.650. The summed E-state index contributed by atoms with van der Waals surface area (Å²) in [5, 5.41) is 7.52. The highest BCUT2D eigenvalue weighted by molar-refractivity contribution is 5.85. The topological polar surface area (TPSA) is 36.5 Å². The maximum atomic E-state index is 5.70. The first kappa shape index (κ1) is 23.0. The van der Waals surface area contributed by atoms with Gasteiger partial charge in [-0.3, -0.25) is 4.90 Å². The average Bonchev–Trinajstić information content (AvgIpc) is 3.16. The molecule has 3 fully saturated rings. The zero-order chi connectivity index (χ0) is 19.3. The fraction of sp³-hybridized carbons (Fsp3) is 0.750. The molecular weight excluding hydrogens is 382 g/mol. The summed E-state index contributed by atoms with van der Waals surface area (Å²) in [6.07, 6.45) is 5.34. The molecule has 1 aliphatic carbocycles. The molecular formula is C24H40ClN3O. The predicted octanol–water partition coefficient (Wildman–Crippen LogP) is 3.83. The summed E-state index contributed by atoms with van der Waals surface area (Å²) in [6, 6.07) is 10.5. The molecule has 1 aromatic carbocycles. The highest BCUT2D eigenvalue weighted by atomic mass is 35.5. The zero-order valence-corrected chi connectivity index (χ0v) is 19.1. The Morgan fingerprint density at radius 3 is 2.48 bits per heavy atom. The van der Waals surface area contributed by atoms with Crippen LogP contribution in [0.25, 0.3) is 0 Å². The predicted molar refractivity (Wildman–Crippen MR) is 122 cm³/mol. The van der Waals surface area contributed by atoms with Crippen molar-refractivity contribution in [3.05, 3.63) is 35.4 Å². The van der Waals surface area contributed by atoms with E-state index in [1.165, 1.54) is 49.9 Å². The van der Waals surface area contributed by atoms with Gasteiger partial charge in [-0.2, -0.15) is 0 Å². The Morgan fingerprint density at radius 1 is 1.07 bits per heavy atom. The lowest BCUT2D eigenvalue weighted by Crippen LogP contribution is -2.50. The second-order valence-corrected chi connectivity index (χ2v) is 9.67. The fourth-order valence-corrected chi connectivity index (χ4v) is 5.78. The van der Waals surface area contributed by atoms with Crippen molar-refractivity contribution in [2.45, 2.75) is 64.7 Å². The van der Waals surface area contributed by atoms with Gasteiger partial charge in [0, 0.05) is 44.8 Å². The highest BCUT2D eigenvalue weighted by Gasteiger charge is 2.34. The van der Waals surface area contributed by atoms with Crippen LogP contribution in [0.1, 0.15) is 50.7 Å². The van der Waals surface area contributed by atoms with E-state index in [2.05, 4.69) is 53.6 Å². The second kappa shape index (κ2) is 11.1. The molecule has 3 aliphatic rings. The molecule has 29 heavy (non-hydrogen) atoms. The van der Waals surface area contributed by atoms with Crippen molar-refractivity contribution in [3.63, 3.8) is 0 Å². The number of hydrogen-bond acceptors (Lipinski definition) is 4. The van der Waals surface area contributed by atoms with Gasteiger partial charge in [-0.1, -0.05) is 44.5 Å². The van der Waals surface area contributed by atoms with Crippen molar-refractivity contribution in [2.24, 2.45) is 17.8 Å². The summed E-state index contributed by atoms with van der Waals surface area (Å²) >= 11 is 0. The van der Waals surface area contributed by atoms with Crippen LogP contribution in [0.4, 0.5) is 0 Å². The number of piperidine rings is 1. The van der Waals surface area contributed by atoms with E-state index in [0.29, 0.717) is 18.0 Å². The van der Waals surface area contributed by atoms with Crippen LogP contribution in [-0.4, -0.2) is 49.8 Å². The zero-order valence-electron chi connectivity index (χ0n) is 18.2. The molecule has 0 radical (unpaired) electrons. The van der Waals surface area contributed by atoms with Crippen LogP contribution in [0.5, 0.6) is 0 Å². The number of rotatable bonds is 6. The minimum Gasteiger partial charge on any atom is -0.379 e. The molecule has 2 saturated heterocycles. The van der Waals surface area contributed by atoms with Gasteiger partial charge in [-0.15, -0.1) is 12.4 Å². The number of nitrogens with zero attached hydrogens (tertiary/aromatic N) is 1. The summed E-state index contributed by atoms with van der Waals surface area (Å²) in [5.41, 5.74) is 2.86. The van der Waals surface area contributed by atoms with E-state index in [4.69, 9.17) is 4.74 Å². The molecule has 1 saturated carbocycles. The molecule has 5 atom stereocenters. The summed E-state index contributed by atoms with van der Waals surface area (Å²) in [6.45, 7) is 12.1. The smallest absolute Gasteiger partial charge is 0.0623 e. The lowest BCUT2D eigenvalue weighted by molar-refractivity contribution is 0.0524. The minimum absolute atomic E-state index is 0. The number of benzene rings is 1. The Bertz CT molecular complexity index is 595. The number of nitrogens with one attached hydrogen (secondary N) is 2. The number of hydrogen-bond donors (Lipinski definition) is 2. The van der Waals surface area contributed by atoms with E-state index >= 15 is 0 Å². The first-order chi connectivity index (χ1) is 13.7. The van der Waals surface area contributed by atoms with E-state index in [-0.39, 0.29) is 12.4 Å². The molecule has 1 aromatic rings. The second-order valence-electron chi connectivity index (χ2n) is 9.67. The Labute approximate surface area is 183 Å². The van der Waals surface area contributed by atoms with Crippen molar-refractivity contribution < 1.29 is 4.74 Å². The molecule has 0 bridgehead atoms. The minimum atomic E-state index is 0. The quantitative estimate of drug-likeness (QED) is 0.731. The third-order valence-corrected chi connectivity index (χ3v) is 6.98. The molecule has 2 N–H and O–H groups in total. The van der Waals surface area contributed by atoms with Crippen LogP contribution < -0.4 is 10.6 Å². The van der Waals surface area contributed by atoms with E-state index in [1.54, 1.807) is 0 Å². The first-order valence-electron chi connectivity index (χ1n) is 11.5. The fourth-order valence-electron chi connectivity index (χ4n) is 5.78. The van der Waals surface area contributed by atoms with Crippen LogP contribution in [0.15, 0.2) is 24.3 Å². The van der Waals surface area contributed by atoms with Gasteiger partial charge < -0.3 is 15.4 Å². The van der Waals surface area contributed by atoms with Gasteiger partial charge >= 0.3 is 0 Å². The summed E-state index contributed by atoms with van der Waals surface area (Å²) < 4.78 is 5.70. The van der Waals surface area contributed by atoms with Gasteiger partial charge in [-0.25, -0.2) is 0 Å². The van der Waals surface area contributed by atoms with E-state index < -0.39 is 0 Å². The summed E-state index contributed by atoms with van der Waals surface area (Å²) in [5.74, 6) is 2.37. The molecule has 0 amide bonds. The maximum absolute atomic E-state index is 5.70. The molecule has 2 heterocycles. The number of likely N-dealkylation sites (tertiary alicyclic amines) is 1. The SMILES string of the molecule is CC1CC(C)CN(Cc2ccc(CNC3CCCC3C3COCCN3)cc2)C1.Cl. The van der Waals surface area contributed by atoms with Gasteiger partial charge in [0.2, 0.25) is 0 Å². The molecule has 164 valence electrons. The van der Waals surface area contributed by atoms with Crippen LogP contribution >= 0.6 is 12.4 Å². The van der Waals surface area contributed by atoms with Gasteiger partial charge in [0.15, 0.2) is 0 Å². The third-order valence-electron chi connectivity index (χ3n) is 6.98. The van der Waals surface area contributed by atoms with Crippen molar-refractivity contribution in [3.8, 4) is 0 Å². The lowest BCUT2D eigenvalue weighted by atomic mass is 9.91. The normalized spacial score (nSPS) is 33.4. The molecule has 0 spiro atoms. The lowest BCUT2D eigenvalue weighted by Gasteiger charge is -2.35. The van der Waals surface area contributed by atoms with Gasteiger partial charge in [-0.05, 0) is 48.1 Å². The largest absolute Gasteiger partial charge is 0.379 e. The summed E-state index contributed by atoms with van der Waals surface area (Å²) in [7, 11) is 0. The van der Waals surface area contributed by atoms with Crippen molar-refractivity contribution in [2.75, 3.05) is 32.8 Å². The number of halogens is 1. The number of ether oxygens (including phenoxy) is 1. The Morgan fingerprint density at radius 2 is 1.79 bits per heavy atom. The van der Waals surface area contributed by atoms with E-state index in [9.17, 15) is 0 Å². The number of morpholine rings is 1. The third kappa shape index (κ3) is 6.41. The van der Waals surface area contributed by atoms with Crippen molar-refractivity contribution in [1.29, 1.82) is 0 Å². The molecule has 5 unspecified atom stereocenters. The van der Waals surface area contributed by atoms with E-state index in [0.717, 1.165) is 44.7 Å². The Balaban J connectivity index is 0.00000240. The van der Waals surface area contributed by atoms with Crippen LogP contribution in [0.3, 0.4) is 0 Å². The first-order valence-corrected chi connectivity index (χ1v) is 11.5. The molecule has 4 nitrogen and oxygen atoms in total. The van der Waals surface area contributed by atoms with Gasteiger partial charge in [0.25, 0.3) is 0 Å². The standard InChI is InChI=1S/C24H39N3O.ClH/c1-18-12-19(2)15-27(14-18)16-21-8-6-20(7-9-21)13-26-23-5-3-4-22(23)24-17-28-11-10-25-24;/h6-9,18-19,22-26H,3-5,10-17H2,1-2H3;1H. The van der Waals surface area contributed by atoms with Crippen molar-refractivity contribution >= 4 is 12.4 Å². The average molecular weight is 422 g/mol. The van der Waals surface area contributed by atoms with Crippen LogP contribution in [0.2, 0.25) is 0 Å². The van der Waals surface area contributed by atoms with E-state index in [1.807, 2.05) is 0 Å². The summed E-state index contributed by atoms with van der Waals surface area (Å²) in [4.78, 5) is 2.63. The molecule has 0 aromatic heterocycles. The van der Waals surface area contributed by atoms with Gasteiger partial charge in [0.05, 0.1) is 13.2 Å². The highest BCUT2D eigenvalue weighted by Crippen LogP contribution is 2.30. The van der Waals surface area contributed by atoms with Gasteiger partial charge in [0.1, 0.15) is 0 Å². The maximum Gasteiger partial charge on any atom is 0.0623 e. The van der Waals surface area contributed by atoms with Crippen molar-refractivity contribution in [1.82, 2.24) is 15.5 Å². The molecule has 4 rings (SSSR count). The van der Waals surface area contributed by atoms with Crippen LogP contribution in [-0.2, 0) is 17.8 Å².